The molecule has 0 heterocycles. The average Bonchev–Trinajstić information content (AvgIpc) is 2.64. The fourth-order valence-electron chi connectivity index (χ4n) is 3.83. The molecule has 3 nitrogen and oxygen atoms in total. The summed E-state index contributed by atoms with van der Waals surface area (Å²) in [7, 11) is 3.26. The Morgan fingerprint density at radius 2 is 1.57 bits per heavy atom. The second kappa shape index (κ2) is 12.7. The van der Waals surface area contributed by atoms with Gasteiger partial charge in [-0.25, -0.2) is 0 Å². The topological polar surface area (TPSA) is 38.7 Å². The van der Waals surface area contributed by atoms with Crippen LogP contribution in [0.5, 0.6) is 0 Å². The smallest absolute Gasteiger partial charge is 0.179 e. The Morgan fingerprint density at radius 1 is 1.00 bits per heavy atom. The van der Waals surface area contributed by atoms with Crippen molar-refractivity contribution in [3.05, 3.63) is 83.1 Å². The normalized spacial score (nSPS) is 23.9. The van der Waals surface area contributed by atoms with Crippen LogP contribution in [0.25, 0.3) is 0 Å². The van der Waals surface area contributed by atoms with Crippen molar-refractivity contribution in [2.45, 2.75) is 60.4 Å². The Kier molecular flexibility index (Phi) is 11.0. The summed E-state index contributed by atoms with van der Waals surface area (Å²) in [4.78, 5) is 0. The van der Waals surface area contributed by atoms with Gasteiger partial charge in [0.1, 0.15) is 0 Å². The molecule has 0 aromatic heterocycles. The van der Waals surface area contributed by atoms with E-state index in [-0.39, 0.29) is 17.8 Å². The van der Waals surface area contributed by atoms with E-state index >= 15 is 0 Å². The Morgan fingerprint density at radius 3 is 2.17 bits per heavy atom. The number of hydrogen-bond donors (Lipinski definition) is 1. The van der Waals surface area contributed by atoms with E-state index in [1.807, 2.05) is 31.2 Å². The van der Waals surface area contributed by atoms with Crippen LogP contribution in [-0.4, -0.2) is 31.7 Å². The van der Waals surface area contributed by atoms with Crippen LogP contribution < -0.4 is 0 Å². The molecule has 0 fully saturated rings. The van der Waals surface area contributed by atoms with Crippen molar-refractivity contribution in [3.8, 4) is 0 Å². The minimum Gasteiger partial charge on any atom is -0.389 e. The second-order valence-electron chi connectivity index (χ2n) is 8.79. The first-order valence-electron chi connectivity index (χ1n) is 10.6. The van der Waals surface area contributed by atoms with E-state index in [0.717, 1.165) is 12.0 Å². The van der Waals surface area contributed by atoms with Gasteiger partial charge in [-0.05, 0) is 45.1 Å². The van der Waals surface area contributed by atoms with Gasteiger partial charge in [0, 0.05) is 20.1 Å². The molecule has 3 heteroatoms. The predicted octanol–water partition coefficient (Wildman–Crippen LogP) is 6.47. The first-order valence-corrected chi connectivity index (χ1v) is 10.6. The summed E-state index contributed by atoms with van der Waals surface area (Å²) >= 11 is 0. The van der Waals surface area contributed by atoms with Crippen molar-refractivity contribution >= 4 is 0 Å². The van der Waals surface area contributed by atoms with E-state index in [2.05, 4.69) is 71.1 Å². The van der Waals surface area contributed by atoms with Gasteiger partial charge in [0.15, 0.2) is 6.29 Å². The lowest BCUT2D eigenvalue weighted by molar-refractivity contribution is -0.0746. The van der Waals surface area contributed by atoms with Crippen molar-refractivity contribution in [2.75, 3.05) is 14.2 Å². The number of methoxy groups -OCH3 is 2. The van der Waals surface area contributed by atoms with Gasteiger partial charge in [-0.2, -0.15) is 0 Å². The summed E-state index contributed by atoms with van der Waals surface area (Å²) < 4.78 is 10.4. The van der Waals surface area contributed by atoms with Crippen molar-refractivity contribution < 1.29 is 14.6 Å². The Hall–Kier alpha value is -1.94. The van der Waals surface area contributed by atoms with E-state index in [9.17, 15) is 5.11 Å². The Bertz CT molecular complexity index is 753. The first-order chi connectivity index (χ1) is 14.1. The van der Waals surface area contributed by atoms with E-state index in [4.69, 9.17) is 9.47 Å². The molecule has 2 unspecified atom stereocenters. The molecule has 0 aliphatic heterocycles. The molecule has 0 aromatic carbocycles. The zero-order valence-electron chi connectivity index (χ0n) is 20.0. The Balaban J connectivity index is 2.69. The molecule has 0 aromatic rings. The average molecular weight is 413 g/mol. The third kappa shape index (κ3) is 8.83. The number of aliphatic hydroxyl groups excluding tert-OH is 1. The molecular formula is C27H40O3. The summed E-state index contributed by atoms with van der Waals surface area (Å²) in [6.07, 6.45) is 20.9. The summed E-state index contributed by atoms with van der Waals surface area (Å²) in [5.74, 6) is 0.354. The van der Waals surface area contributed by atoms with Gasteiger partial charge in [0.25, 0.3) is 0 Å². The molecule has 0 spiro atoms. The molecule has 0 saturated carbocycles. The largest absolute Gasteiger partial charge is 0.389 e. The van der Waals surface area contributed by atoms with Gasteiger partial charge >= 0.3 is 0 Å². The summed E-state index contributed by atoms with van der Waals surface area (Å²) in [6, 6.07) is 0. The van der Waals surface area contributed by atoms with Gasteiger partial charge in [0.2, 0.25) is 0 Å². The highest BCUT2D eigenvalue weighted by Crippen LogP contribution is 2.41. The molecule has 1 rings (SSSR count). The highest BCUT2D eigenvalue weighted by Gasteiger charge is 2.34. The molecule has 166 valence electrons. The van der Waals surface area contributed by atoms with E-state index < -0.39 is 0 Å². The fourth-order valence-corrected chi connectivity index (χ4v) is 3.83. The van der Waals surface area contributed by atoms with Gasteiger partial charge in [0.05, 0.1) is 6.10 Å². The van der Waals surface area contributed by atoms with Gasteiger partial charge < -0.3 is 14.6 Å². The van der Waals surface area contributed by atoms with Crippen LogP contribution in [0.4, 0.5) is 0 Å². The lowest BCUT2D eigenvalue weighted by Crippen LogP contribution is -2.32. The van der Waals surface area contributed by atoms with Crippen LogP contribution in [0, 0.1) is 11.3 Å². The molecule has 1 N–H and O–H groups in total. The molecule has 1 aliphatic rings. The maximum Gasteiger partial charge on any atom is 0.179 e. The lowest BCUT2D eigenvalue weighted by Gasteiger charge is -2.38. The number of hydrogen-bond acceptors (Lipinski definition) is 3. The SMILES string of the molecule is COC(OC)C(C)=CC=CC=C(C)C=CC=C(C)C=CC1C(C)=CC(O)CC1(C)C. The van der Waals surface area contributed by atoms with E-state index in [1.165, 1.54) is 16.7 Å². The number of ether oxygens (including phenoxy) is 2. The molecule has 1 aliphatic carbocycles. The van der Waals surface area contributed by atoms with Crippen LogP contribution in [0.2, 0.25) is 0 Å². The highest BCUT2D eigenvalue weighted by molar-refractivity contribution is 5.31. The van der Waals surface area contributed by atoms with Crippen molar-refractivity contribution in [2.24, 2.45) is 11.3 Å². The highest BCUT2D eigenvalue weighted by atomic mass is 16.7. The minimum absolute atomic E-state index is 0.0653. The monoisotopic (exact) mass is 412 g/mol. The first kappa shape index (κ1) is 26.1. The molecule has 30 heavy (non-hydrogen) atoms. The van der Waals surface area contributed by atoms with Crippen molar-refractivity contribution in [1.29, 1.82) is 0 Å². The number of allylic oxidation sites excluding steroid dienone is 12. The Labute approximate surface area is 183 Å². The second-order valence-corrected chi connectivity index (χ2v) is 8.79. The predicted molar refractivity (Wildman–Crippen MR) is 128 cm³/mol. The van der Waals surface area contributed by atoms with Gasteiger partial charge in [-0.1, -0.05) is 91.3 Å². The molecule has 0 saturated heterocycles. The zero-order chi connectivity index (χ0) is 22.7. The molecule has 0 radical (unpaired) electrons. The molecule has 0 amide bonds. The minimum atomic E-state index is -0.325. The third-order valence-electron chi connectivity index (χ3n) is 5.42. The van der Waals surface area contributed by atoms with Crippen molar-refractivity contribution in [3.63, 3.8) is 0 Å². The van der Waals surface area contributed by atoms with Gasteiger partial charge in [-0.15, -0.1) is 0 Å². The molecule has 2 atom stereocenters. The summed E-state index contributed by atoms with van der Waals surface area (Å²) in [5.41, 5.74) is 4.70. The van der Waals surface area contributed by atoms with Crippen molar-refractivity contribution in [1.82, 2.24) is 0 Å². The fraction of sp³-hybridized carbons (Fsp3) is 0.481. The summed E-state index contributed by atoms with van der Waals surface area (Å²) in [5, 5.41) is 9.98. The summed E-state index contributed by atoms with van der Waals surface area (Å²) in [6.45, 7) is 12.7. The maximum absolute atomic E-state index is 9.98. The van der Waals surface area contributed by atoms with E-state index in [0.29, 0.717) is 5.92 Å². The lowest BCUT2D eigenvalue weighted by atomic mass is 9.67. The molecule has 0 bridgehead atoms. The van der Waals surface area contributed by atoms with Crippen LogP contribution >= 0.6 is 0 Å². The third-order valence-corrected chi connectivity index (χ3v) is 5.42. The van der Waals surface area contributed by atoms with Crippen LogP contribution in [0.3, 0.4) is 0 Å². The van der Waals surface area contributed by atoms with Crippen LogP contribution in [0.15, 0.2) is 83.1 Å². The van der Waals surface area contributed by atoms with E-state index in [1.54, 1.807) is 14.2 Å². The van der Waals surface area contributed by atoms with Crippen LogP contribution in [0.1, 0.15) is 48.0 Å². The number of aliphatic hydroxyl groups is 1. The molecular weight excluding hydrogens is 372 g/mol. The number of rotatable bonds is 9. The maximum atomic E-state index is 9.98. The standard InChI is InChI=1S/C27H40O3/c1-20(12-9-10-15-22(3)26(29-7)30-8)13-11-14-21(2)16-17-25-23(4)18-24(28)19-27(25,5)6/h9-18,24-26,28H,19H2,1-8H3. The quantitative estimate of drug-likeness (QED) is 0.268. The zero-order valence-corrected chi connectivity index (χ0v) is 20.0. The van der Waals surface area contributed by atoms with Crippen LogP contribution in [-0.2, 0) is 9.47 Å². The van der Waals surface area contributed by atoms with Gasteiger partial charge in [-0.3, -0.25) is 0 Å².